The third-order valence-electron chi connectivity index (χ3n) is 5.32. The van der Waals surface area contributed by atoms with Gasteiger partial charge in [-0.1, -0.05) is 17.7 Å². The molecule has 2 atom stereocenters. The Balaban J connectivity index is 1.55. The van der Waals surface area contributed by atoms with Crippen LogP contribution in [0.4, 0.5) is 0 Å². The van der Waals surface area contributed by atoms with Crippen molar-refractivity contribution in [2.24, 2.45) is 0 Å². The highest BCUT2D eigenvalue weighted by Gasteiger charge is 2.60. The fraction of sp³-hybridized carbons (Fsp3) is 0.588. The Morgan fingerprint density at radius 2 is 2.30 bits per heavy atom. The Morgan fingerprint density at radius 3 is 3.09 bits per heavy atom. The fourth-order valence-electron chi connectivity index (χ4n) is 4.27. The number of hydrogen-bond acceptors (Lipinski definition) is 4. The molecule has 3 aliphatic rings. The number of rotatable bonds is 3. The Kier molecular flexibility index (Phi) is 3.75. The summed E-state index contributed by atoms with van der Waals surface area (Å²) in [6.45, 7) is 3.30. The molecule has 1 amide bonds. The first-order valence-corrected chi connectivity index (χ1v) is 8.53. The van der Waals surface area contributed by atoms with E-state index in [-0.39, 0.29) is 17.7 Å². The number of methoxy groups -OCH3 is 1. The highest BCUT2D eigenvalue weighted by Crippen LogP contribution is 2.45. The molecule has 5 nitrogen and oxygen atoms in total. The van der Waals surface area contributed by atoms with E-state index >= 15 is 0 Å². The average Bonchev–Trinajstić information content (AvgIpc) is 3.01. The Bertz CT molecular complexity index is 638. The maximum absolute atomic E-state index is 12.3. The number of ether oxygens (including phenoxy) is 2. The maximum Gasteiger partial charge on any atom is 0.226 e. The molecule has 1 aromatic carbocycles. The number of nitrogens with zero attached hydrogens (tertiary/aromatic N) is 2. The standard InChI is InChI=1S/C17H21ClN2O3/c1-22-14-4-3-12(9-13(14)18)11-19-7-5-17-15(19)10-16(21)20(17)6-2-8-23-17/h3-4,9,15H,2,5-8,10-11H2,1H3/t15-,17+/m1/s1. The summed E-state index contributed by atoms with van der Waals surface area (Å²) >= 11 is 6.23. The van der Waals surface area contributed by atoms with Crippen LogP contribution in [0.15, 0.2) is 18.2 Å². The normalized spacial score (nSPS) is 30.4. The van der Waals surface area contributed by atoms with Crippen molar-refractivity contribution >= 4 is 17.5 Å². The molecule has 3 saturated heterocycles. The van der Waals surface area contributed by atoms with Crippen LogP contribution in [-0.4, -0.2) is 54.3 Å². The fourth-order valence-corrected chi connectivity index (χ4v) is 4.55. The molecule has 0 saturated carbocycles. The zero-order valence-electron chi connectivity index (χ0n) is 13.3. The van der Waals surface area contributed by atoms with Gasteiger partial charge in [0.2, 0.25) is 5.91 Å². The maximum atomic E-state index is 12.3. The van der Waals surface area contributed by atoms with Gasteiger partial charge in [0, 0.05) is 32.5 Å². The van der Waals surface area contributed by atoms with Gasteiger partial charge in [-0.15, -0.1) is 0 Å². The van der Waals surface area contributed by atoms with Crippen molar-refractivity contribution in [1.82, 2.24) is 9.80 Å². The molecular weight excluding hydrogens is 316 g/mol. The SMILES string of the molecule is COc1ccc(CN2CC[C@@]34OCCCN3C(=O)C[C@@H]24)cc1Cl. The van der Waals surface area contributed by atoms with Gasteiger partial charge in [-0.25, -0.2) is 0 Å². The summed E-state index contributed by atoms with van der Waals surface area (Å²) in [6.07, 6.45) is 2.39. The molecule has 0 unspecified atom stereocenters. The lowest BCUT2D eigenvalue weighted by Crippen LogP contribution is -2.56. The summed E-state index contributed by atoms with van der Waals surface area (Å²) < 4.78 is 11.3. The van der Waals surface area contributed by atoms with Crippen molar-refractivity contribution in [3.63, 3.8) is 0 Å². The number of hydrogen-bond donors (Lipinski definition) is 0. The average molecular weight is 337 g/mol. The minimum atomic E-state index is -0.383. The molecule has 1 aromatic rings. The predicted molar refractivity (Wildman–Crippen MR) is 86.4 cm³/mol. The summed E-state index contributed by atoms with van der Waals surface area (Å²) in [5, 5.41) is 0.622. The second-order valence-electron chi connectivity index (χ2n) is 6.50. The zero-order chi connectivity index (χ0) is 16.0. The minimum Gasteiger partial charge on any atom is -0.495 e. The van der Waals surface area contributed by atoms with Crippen LogP contribution in [0.25, 0.3) is 0 Å². The first-order valence-electron chi connectivity index (χ1n) is 8.15. The molecule has 124 valence electrons. The van der Waals surface area contributed by atoms with Gasteiger partial charge in [0.15, 0.2) is 5.72 Å². The molecular formula is C17H21ClN2O3. The van der Waals surface area contributed by atoms with Crippen LogP contribution in [0.2, 0.25) is 5.02 Å². The molecule has 0 radical (unpaired) electrons. The Morgan fingerprint density at radius 1 is 1.43 bits per heavy atom. The largest absolute Gasteiger partial charge is 0.495 e. The Labute approximate surface area is 141 Å². The highest BCUT2D eigenvalue weighted by molar-refractivity contribution is 6.32. The van der Waals surface area contributed by atoms with Gasteiger partial charge in [0.25, 0.3) is 0 Å². The van der Waals surface area contributed by atoms with E-state index in [1.807, 2.05) is 23.1 Å². The molecule has 0 N–H and O–H groups in total. The number of halogens is 1. The van der Waals surface area contributed by atoms with Crippen LogP contribution >= 0.6 is 11.6 Å². The topological polar surface area (TPSA) is 42.0 Å². The van der Waals surface area contributed by atoms with Crippen LogP contribution in [-0.2, 0) is 16.1 Å². The molecule has 23 heavy (non-hydrogen) atoms. The van der Waals surface area contributed by atoms with Crippen LogP contribution in [0.1, 0.15) is 24.8 Å². The van der Waals surface area contributed by atoms with E-state index < -0.39 is 0 Å². The first kappa shape index (κ1) is 15.2. The predicted octanol–water partition coefficient (Wildman–Crippen LogP) is 2.27. The molecule has 0 aliphatic carbocycles. The van der Waals surface area contributed by atoms with E-state index in [1.165, 1.54) is 0 Å². The second kappa shape index (κ2) is 5.65. The van der Waals surface area contributed by atoms with E-state index in [1.54, 1.807) is 7.11 Å². The molecule has 0 bridgehead atoms. The molecule has 4 rings (SSSR count). The monoisotopic (exact) mass is 336 g/mol. The highest BCUT2D eigenvalue weighted by atomic mass is 35.5. The van der Waals surface area contributed by atoms with Crippen molar-refractivity contribution < 1.29 is 14.3 Å². The number of amides is 1. The summed E-state index contributed by atoms with van der Waals surface area (Å²) in [7, 11) is 1.62. The quantitative estimate of drug-likeness (QED) is 0.849. The zero-order valence-corrected chi connectivity index (χ0v) is 14.0. The third kappa shape index (κ3) is 2.33. The van der Waals surface area contributed by atoms with Crippen LogP contribution in [0, 0.1) is 0 Å². The number of carbonyl (C=O) groups excluding carboxylic acids is 1. The second-order valence-corrected chi connectivity index (χ2v) is 6.91. The van der Waals surface area contributed by atoms with Crippen molar-refractivity contribution in [2.45, 2.75) is 37.6 Å². The number of benzene rings is 1. The van der Waals surface area contributed by atoms with Gasteiger partial charge < -0.3 is 14.4 Å². The number of carbonyl (C=O) groups is 1. The third-order valence-corrected chi connectivity index (χ3v) is 5.62. The van der Waals surface area contributed by atoms with Crippen LogP contribution in [0.3, 0.4) is 0 Å². The minimum absolute atomic E-state index is 0.149. The molecule has 3 fully saturated rings. The van der Waals surface area contributed by atoms with E-state index in [0.717, 1.165) is 44.6 Å². The van der Waals surface area contributed by atoms with Crippen LogP contribution < -0.4 is 4.74 Å². The molecule has 1 spiro atoms. The van der Waals surface area contributed by atoms with Gasteiger partial charge in [-0.2, -0.15) is 0 Å². The lowest BCUT2D eigenvalue weighted by Gasteiger charge is -2.42. The molecule has 3 aliphatic heterocycles. The first-order chi connectivity index (χ1) is 11.1. The van der Waals surface area contributed by atoms with E-state index in [2.05, 4.69) is 4.90 Å². The summed E-state index contributed by atoms with van der Waals surface area (Å²) in [4.78, 5) is 16.7. The van der Waals surface area contributed by atoms with Gasteiger partial charge >= 0.3 is 0 Å². The summed E-state index contributed by atoms with van der Waals surface area (Å²) in [6, 6.07) is 6.02. The lowest BCUT2D eigenvalue weighted by atomic mass is 10.0. The van der Waals surface area contributed by atoms with Crippen molar-refractivity contribution in [2.75, 3.05) is 26.8 Å². The lowest BCUT2D eigenvalue weighted by molar-refractivity contribution is -0.180. The van der Waals surface area contributed by atoms with Crippen molar-refractivity contribution in [3.8, 4) is 5.75 Å². The van der Waals surface area contributed by atoms with E-state index in [0.29, 0.717) is 17.2 Å². The van der Waals surface area contributed by atoms with Crippen LogP contribution in [0.5, 0.6) is 5.75 Å². The van der Waals surface area contributed by atoms with Gasteiger partial charge in [0.1, 0.15) is 5.75 Å². The van der Waals surface area contributed by atoms with Crippen molar-refractivity contribution in [3.05, 3.63) is 28.8 Å². The summed E-state index contributed by atoms with van der Waals surface area (Å²) in [5.41, 5.74) is 0.751. The molecule has 3 heterocycles. The van der Waals surface area contributed by atoms with E-state index in [4.69, 9.17) is 21.1 Å². The van der Waals surface area contributed by atoms with E-state index in [9.17, 15) is 4.79 Å². The van der Waals surface area contributed by atoms with Gasteiger partial charge in [-0.3, -0.25) is 9.69 Å². The van der Waals surface area contributed by atoms with Gasteiger partial charge in [-0.05, 0) is 24.1 Å². The summed E-state index contributed by atoms with van der Waals surface area (Å²) in [5.74, 6) is 0.915. The van der Waals surface area contributed by atoms with Crippen molar-refractivity contribution in [1.29, 1.82) is 0 Å². The van der Waals surface area contributed by atoms with Gasteiger partial charge in [0.05, 0.1) is 24.8 Å². The number of likely N-dealkylation sites (tertiary alicyclic amines) is 1. The smallest absolute Gasteiger partial charge is 0.226 e. The Hall–Kier alpha value is -1.30. The molecule has 0 aromatic heterocycles. The molecule has 6 heteroatoms.